The van der Waals surface area contributed by atoms with Crippen LogP contribution < -0.4 is 9.47 Å². The molecule has 0 saturated carbocycles. The Morgan fingerprint density at radius 1 is 0.600 bits per heavy atom. The fourth-order valence-corrected chi connectivity index (χ4v) is 8.28. The third-order valence-electron chi connectivity index (χ3n) is 12.3. The lowest BCUT2D eigenvalue weighted by Gasteiger charge is -2.44. The van der Waals surface area contributed by atoms with Crippen LogP contribution in [-0.2, 0) is 70.3 Å². The topological polar surface area (TPSA) is 363 Å². The third kappa shape index (κ3) is 15.5. The summed E-state index contributed by atoms with van der Waals surface area (Å²) in [5.74, 6) is -4.23. The minimum Gasteiger partial charge on any atom is -0.463 e. The molecule has 0 bridgehead atoms. The molecular weight excluding hydrogens is 997 g/mol. The monoisotopic (exact) mass is 1060 g/mol. The molecule has 24 nitrogen and oxygen atoms in total. The van der Waals surface area contributed by atoms with Crippen molar-refractivity contribution in [3.63, 3.8) is 0 Å². The highest BCUT2D eigenvalue weighted by molar-refractivity contribution is 5.87. The van der Waals surface area contributed by atoms with E-state index in [1.807, 2.05) is 0 Å². The number of carbonyl (C=O) groups excluding carboxylic acids is 4. The number of ether oxygens (including phenoxy) is 10. The van der Waals surface area contributed by atoms with Crippen LogP contribution in [0, 0.1) is 5.92 Å². The van der Waals surface area contributed by atoms with Gasteiger partial charge in [0.1, 0.15) is 98.5 Å². The summed E-state index contributed by atoms with van der Waals surface area (Å²) in [4.78, 5) is 53.7. The van der Waals surface area contributed by atoms with Crippen LogP contribution in [0.4, 0.5) is 0 Å². The van der Waals surface area contributed by atoms with Crippen LogP contribution in [0.1, 0.15) is 50.3 Å². The van der Waals surface area contributed by atoms with E-state index < -0.39 is 167 Å². The molecule has 16 atom stereocenters. The largest absolute Gasteiger partial charge is 0.463 e. The van der Waals surface area contributed by atoms with Gasteiger partial charge in [0.15, 0.2) is 18.0 Å². The number of hydrogen-bond donors (Lipinski definition) is 10. The first-order chi connectivity index (χ1) is 35.7. The van der Waals surface area contributed by atoms with E-state index in [9.17, 15) is 70.2 Å². The molecule has 0 aliphatic carbocycles. The van der Waals surface area contributed by atoms with E-state index >= 15 is 0 Å². The second-order valence-corrected chi connectivity index (χ2v) is 18.5. The van der Waals surface area contributed by atoms with Crippen LogP contribution in [-0.4, -0.2) is 192 Å². The van der Waals surface area contributed by atoms with Gasteiger partial charge in [0.25, 0.3) is 0 Å². The molecule has 0 amide bonds. The molecule has 6 rings (SSSR count). The molecule has 3 aliphatic heterocycles. The SMILES string of the molecule is CC(=O)OCC1OC(O[C@@](CC(=O)OCc2ccc(OC3OC(CO)C(O)C(O)C3O)cc2)(CC(C)C)C(=O)OCc2ccc(OC3OC(CO)C(O)C(O)C3O)cc2)C(O)C(OC(=O)/C=C/c2ccccc2)C1O. The molecule has 0 aromatic heterocycles. The Bertz CT molecular complexity index is 2330. The lowest BCUT2D eigenvalue weighted by atomic mass is 9.88. The Morgan fingerprint density at radius 2 is 1.11 bits per heavy atom. The number of benzene rings is 3. The summed E-state index contributed by atoms with van der Waals surface area (Å²) in [6.07, 6.45) is -23.3. The number of hydrogen-bond acceptors (Lipinski definition) is 24. The van der Waals surface area contributed by atoms with Gasteiger partial charge in [-0.25, -0.2) is 9.59 Å². The smallest absolute Gasteiger partial charge is 0.339 e. The van der Waals surface area contributed by atoms with Gasteiger partial charge in [-0.15, -0.1) is 0 Å². The predicted octanol–water partition coefficient (Wildman–Crippen LogP) is -1.34. The van der Waals surface area contributed by atoms with Gasteiger partial charge < -0.3 is 98.4 Å². The molecule has 0 spiro atoms. The number of carbonyl (C=O) groups is 4. The van der Waals surface area contributed by atoms with Crippen LogP contribution in [0.2, 0.25) is 0 Å². The fourth-order valence-electron chi connectivity index (χ4n) is 8.28. The molecule has 10 N–H and O–H groups in total. The molecule has 3 heterocycles. The van der Waals surface area contributed by atoms with Gasteiger partial charge in [-0.1, -0.05) is 68.4 Å². The van der Waals surface area contributed by atoms with E-state index in [4.69, 9.17) is 47.4 Å². The molecule has 0 radical (unpaired) electrons. The molecule has 24 heteroatoms. The van der Waals surface area contributed by atoms with Crippen molar-refractivity contribution >= 4 is 30.0 Å². The molecule has 3 aromatic rings. The van der Waals surface area contributed by atoms with Gasteiger partial charge in [0, 0.05) is 13.0 Å². The van der Waals surface area contributed by atoms with E-state index in [2.05, 4.69) is 0 Å². The summed E-state index contributed by atoms with van der Waals surface area (Å²) >= 11 is 0. The lowest BCUT2D eigenvalue weighted by molar-refractivity contribution is -0.328. The number of esters is 4. The van der Waals surface area contributed by atoms with Gasteiger partial charge in [-0.05, 0) is 59.4 Å². The van der Waals surface area contributed by atoms with Crippen molar-refractivity contribution in [1.82, 2.24) is 0 Å². The maximum Gasteiger partial charge on any atom is 0.339 e. The Balaban J connectivity index is 1.23. The van der Waals surface area contributed by atoms with Crippen LogP contribution >= 0.6 is 0 Å². The maximum atomic E-state index is 14.7. The Morgan fingerprint density at radius 3 is 1.60 bits per heavy atom. The van der Waals surface area contributed by atoms with Gasteiger partial charge >= 0.3 is 23.9 Å². The van der Waals surface area contributed by atoms with Crippen molar-refractivity contribution in [2.24, 2.45) is 5.92 Å². The average molecular weight is 1060 g/mol. The minimum atomic E-state index is -2.37. The van der Waals surface area contributed by atoms with Gasteiger partial charge in [-0.3, -0.25) is 9.59 Å². The van der Waals surface area contributed by atoms with Gasteiger partial charge in [0.2, 0.25) is 12.6 Å². The number of aliphatic hydroxyl groups is 10. The highest BCUT2D eigenvalue weighted by Crippen LogP contribution is 2.36. The van der Waals surface area contributed by atoms with Crippen LogP contribution in [0.3, 0.4) is 0 Å². The summed E-state index contributed by atoms with van der Waals surface area (Å²) in [7, 11) is 0. The van der Waals surface area contributed by atoms with Crippen LogP contribution in [0.15, 0.2) is 84.9 Å². The Hall–Kier alpha value is -5.68. The number of rotatable bonds is 22. The first-order valence-corrected chi connectivity index (χ1v) is 23.9. The van der Waals surface area contributed by atoms with E-state index in [0.29, 0.717) is 16.7 Å². The molecule has 3 aliphatic rings. The molecule has 15 unspecified atom stereocenters. The zero-order valence-electron chi connectivity index (χ0n) is 41.0. The summed E-state index contributed by atoms with van der Waals surface area (Å²) in [6, 6.07) is 20.2. The molecule has 75 heavy (non-hydrogen) atoms. The minimum absolute atomic E-state index is 0.102. The summed E-state index contributed by atoms with van der Waals surface area (Å²) in [5, 5.41) is 104. The van der Waals surface area contributed by atoms with E-state index in [-0.39, 0.29) is 17.9 Å². The second-order valence-electron chi connectivity index (χ2n) is 18.5. The Kier molecular flexibility index (Phi) is 21.0. The first-order valence-electron chi connectivity index (χ1n) is 23.9. The average Bonchev–Trinajstić information content (AvgIpc) is 3.39. The van der Waals surface area contributed by atoms with Crippen molar-refractivity contribution in [2.45, 2.75) is 145 Å². The lowest BCUT2D eigenvalue weighted by Crippen LogP contribution is -2.63. The van der Waals surface area contributed by atoms with Crippen LogP contribution in [0.25, 0.3) is 6.08 Å². The quantitative estimate of drug-likeness (QED) is 0.0316. The molecule has 3 aromatic carbocycles. The van der Waals surface area contributed by atoms with Crippen LogP contribution in [0.5, 0.6) is 11.5 Å². The molecule has 412 valence electrons. The van der Waals surface area contributed by atoms with E-state index in [1.165, 1.54) is 54.6 Å². The van der Waals surface area contributed by atoms with Gasteiger partial charge in [0.05, 0.1) is 19.6 Å². The van der Waals surface area contributed by atoms with Crippen molar-refractivity contribution < 1.29 is 118 Å². The first kappa shape index (κ1) is 58.6. The molecule has 3 fully saturated rings. The van der Waals surface area contributed by atoms with Gasteiger partial charge in [-0.2, -0.15) is 0 Å². The normalized spacial score (nSPS) is 30.7. The Labute approximate surface area is 430 Å². The molecule has 3 saturated heterocycles. The van der Waals surface area contributed by atoms with Crippen molar-refractivity contribution in [3.8, 4) is 11.5 Å². The summed E-state index contributed by atoms with van der Waals surface area (Å²) < 4.78 is 56.5. The second kappa shape index (κ2) is 26.9. The zero-order chi connectivity index (χ0) is 54.6. The van der Waals surface area contributed by atoms with E-state index in [0.717, 1.165) is 13.0 Å². The summed E-state index contributed by atoms with van der Waals surface area (Å²) in [6.45, 7) is 1.62. The van der Waals surface area contributed by atoms with Crippen molar-refractivity contribution in [1.29, 1.82) is 0 Å². The maximum absolute atomic E-state index is 14.7. The zero-order valence-corrected chi connectivity index (χ0v) is 41.0. The van der Waals surface area contributed by atoms with Crippen molar-refractivity contribution in [2.75, 3.05) is 19.8 Å². The number of aliphatic hydroxyl groups excluding tert-OH is 10. The van der Waals surface area contributed by atoms with E-state index in [1.54, 1.807) is 44.2 Å². The highest BCUT2D eigenvalue weighted by atomic mass is 16.7. The summed E-state index contributed by atoms with van der Waals surface area (Å²) in [5.41, 5.74) is -1.02. The third-order valence-corrected chi connectivity index (χ3v) is 12.3. The van der Waals surface area contributed by atoms with Crippen molar-refractivity contribution in [3.05, 3.63) is 102 Å². The fraction of sp³-hybridized carbons (Fsp3) is 0.529. The highest BCUT2D eigenvalue weighted by Gasteiger charge is 2.54. The standard InChI is InChI=1S/C51H64O24/c1-26(2)19-51(50(65)68-24-30-11-16-32(17-12-30)70-48-44(63)42(61)39(58)34(22-53)72-48,20-37(56)67-23-29-9-14-31(15-10-29)69-47-43(62)41(60)38(57)33(21-52)71-47)75-49-45(64)46(40(59)35(73-49)25-66-27(3)54)74-36(55)18-13-28-7-5-4-6-8-28/h4-18,26,33-35,38-49,52-53,57-64H,19-25H2,1-3H3/b18-13+/t33?,34?,35?,38?,39?,40?,41?,42?,43?,44?,45?,46?,47?,48?,49?,51-/m1/s1. The predicted molar refractivity (Wildman–Crippen MR) is 252 cm³/mol. The molecular formula is C51H64O24.